The number of rotatable bonds is 6. The summed E-state index contributed by atoms with van der Waals surface area (Å²) in [6.07, 6.45) is 2.50. The summed E-state index contributed by atoms with van der Waals surface area (Å²) in [7, 11) is 0. The predicted octanol–water partition coefficient (Wildman–Crippen LogP) is 3.05. The van der Waals surface area contributed by atoms with Gasteiger partial charge in [-0.1, -0.05) is 18.2 Å². The number of benzene rings is 1. The van der Waals surface area contributed by atoms with Crippen LogP contribution in [0.25, 0.3) is 0 Å². The van der Waals surface area contributed by atoms with Crippen molar-refractivity contribution in [3.63, 3.8) is 0 Å². The van der Waals surface area contributed by atoms with E-state index in [0.29, 0.717) is 17.9 Å². The molecule has 3 nitrogen and oxygen atoms in total. The van der Waals surface area contributed by atoms with Crippen molar-refractivity contribution in [2.24, 2.45) is 0 Å². The summed E-state index contributed by atoms with van der Waals surface area (Å²) >= 11 is 0. The van der Waals surface area contributed by atoms with Crippen LogP contribution in [-0.4, -0.2) is 18.3 Å². The third kappa shape index (κ3) is 4.73. The van der Waals surface area contributed by atoms with Crippen LogP contribution in [-0.2, 0) is 4.74 Å². The summed E-state index contributed by atoms with van der Waals surface area (Å²) in [6.45, 7) is 2.22. The van der Waals surface area contributed by atoms with Crippen molar-refractivity contribution in [1.29, 1.82) is 5.41 Å². The lowest BCUT2D eigenvalue weighted by atomic mass is 10.2. The minimum atomic E-state index is -0.271. The first-order chi connectivity index (χ1) is 7.70. The lowest BCUT2D eigenvalue weighted by Crippen LogP contribution is -2.06. The first-order valence-electron chi connectivity index (χ1n) is 5.46. The topological polar surface area (TPSA) is 50.1 Å². The lowest BCUT2D eigenvalue weighted by Gasteiger charge is -2.04. The fourth-order valence-electron chi connectivity index (χ4n) is 1.31. The average Bonchev–Trinajstić information content (AvgIpc) is 2.29. The van der Waals surface area contributed by atoms with Crippen molar-refractivity contribution in [1.82, 2.24) is 0 Å². The quantitative estimate of drug-likeness (QED) is 0.454. The second-order valence-corrected chi connectivity index (χ2v) is 3.74. The van der Waals surface area contributed by atoms with Crippen LogP contribution in [0.1, 0.15) is 36.5 Å². The number of carbonyl (C=O) groups excluding carboxylic acids is 1. The number of esters is 1. The molecule has 0 aliphatic carbocycles. The van der Waals surface area contributed by atoms with Crippen molar-refractivity contribution in [2.75, 3.05) is 6.61 Å². The molecule has 0 aliphatic rings. The number of hydrogen-bond acceptors (Lipinski definition) is 3. The third-order valence-electron chi connectivity index (χ3n) is 2.19. The Morgan fingerprint density at radius 2 is 1.94 bits per heavy atom. The maximum atomic E-state index is 11.5. The summed E-state index contributed by atoms with van der Waals surface area (Å²) in [5, 5.41) is 7.24. The number of unbranched alkanes of at least 4 members (excludes halogenated alkanes) is 1. The molecule has 0 atom stereocenters. The molecule has 0 spiro atoms. The minimum absolute atomic E-state index is 0.271. The molecule has 0 amide bonds. The van der Waals surface area contributed by atoms with Crippen LogP contribution in [0.2, 0.25) is 0 Å². The molecule has 1 aromatic rings. The zero-order valence-electron chi connectivity index (χ0n) is 9.53. The Bertz CT molecular complexity index is 346. The van der Waals surface area contributed by atoms with E-state index in [1.807, 2.05) is 18.2 Å². The molecule has 0 saturated carbocycles. The maximum Gasteiger partial charge on any atom is 0.338 e. The number of ether oxygens (including phenoxy) is 1. The maximum absolute atomic E-state index is 11.5. The van der Waals surface area contributed by atoms with Gasteiger partial charge >= 0.3 is 5.97 Å². The SMILES string of the molecule is CC(=N)CCCCOC(=O)c1ccccc1. The van der Waals surface area contributed by atoms with E-state index in [1.165, 1.54) is 0 Å². The van der Waals surface area contributed by atoms with E-state index in [0.717, 1.165) is 19.3 Å². The molecule has 1 rings (SSSR count). The van der Waals surface area contributed by atoms with Gasteiger partial charge in [-0.2, -0.15) is 0 Å². The van der Waals surface area contributed by atoms with Crippen molar-refractivity contribution >= 4 is 11.7 Å². The van der Waals surface area contributed by atoms with Crippen LogP contribution in [0.3, 0.4) is 0 Å². The standard InChI is InChI=1S/C13H17NO2/c1-11(14)7-5-6-10-16-13(15)12-8-3-2-4-9-12/h2-4,8-9,14H,5-7,10H2,1H3. The first kappa shape index (κ1) is 12.4. The van der Waals surface area contributed by atoms with Crippen LogP contribution in [0.4, 0.5) is 0 Å². The van der Waals surface area contributed by atoms with Crippen molar-refractivity contribution in [3.05, 3.63) is 35.9 Å². The van der Waals surface area contributed by atoms with E-state index in [1.54, 1.807) is 19.1 Å². The Hall–Kier alpha value is -1.64. The Kier molecular flexibility index (Phi) is 5.26. The molecule has 86 valence electrons. The molecule has 0 aliphatic heterocycles. The van der Waals surface area contributed by atoms with Crippen molar-refractivity contribution in [2.45, 2.75) is 26.2 Å². The molecular weight excluding hydrogens is 202 g/mol. The van der Waals surface area contributed by atoms with Gasteiger partial charge in [0.1, 0.15) is 0 Å². The van der Waals surface area contributed by atoms with Gasteiger partial charge in [0.25, 0.3) is 0 Å². The second kappa shape index (κ2) is 6.77. The molecule has 1 aromatic carbocycles. The normalized spacial score (nSPS) is 9.81. The average molecular weight is 219 g/mol. The molecule has 0 radical (unpaired) electrons. The van der Waals surface area contributed by atoms with Gasteiger partial charge in [-0.05, 0) is 38.3 Å². The summed E-state index contributed by atoms with van der Waals surface area (Å²) in [6, 6.07) is 8.97. The molecule has 1 N–H and O–H groups in total. The largest absolute Gasteiger partial charge is 0.462 e. The fourth-order valence-corrected chi connectivity index (χ4v) is 1.31. The molecule has 0 unspecified atom stereocenters. The summed E-state index contributed by atoms with van der Waals surface area (Å²) in [5.41, 5.74) is 1.26. The molecule has 3 heteroatoms. The van der Waals surface area contributed by atoms with E-state index in [9.17, 15) is 4.79 Å². The summed E-state index contributed by atoms with van der Waals surface area (Å²) < 4.78 is 5.10. The minimum Gasteiger partial charge on any atom is -0.462 e. The highest BCUT2D eigenvalue weighted by Gasteiger charge is 2.04. The van der Waals surface area contributed by atoms with Gasteiger partial charge in [-0.15, -0.1) is 0 Å². The molecular formula is C13H17NO2. The molecule has 0 bridgehead atoms. The Balaban J connectivity index is 2.19. The summed E-state index contributed by atoms with van der Waals surface area (Å²) in [5.74, 6) is -0.271. The zero-order chi connectivity index (χ0) is 11.8. The van der Waals surface area contributed by atoms with Crippen LogP contribution in [0.5, 0.6) is 0 Å². The second-order valence-electron chi connectivity index (χ2n) is 3.74. The number of hydrogen-bond donors (Lipinski definition) is 1. The van der Waals surface area contributed by atoms with Crippen LogP contribution in [0, 0.1) is 5.41 Å². The molecule has 16 heavy (non-hydrogen) atoms. The zero-order valence-corrected chi connectivity index (χ0v) is 9.53. The van der Waals surface area contributed by atoms with Gasteiger partial charge in [0.05, 0.1) is 12.2 Å². The Morgan fingerprint density at radius 3 is 2.56 bits per heavy atom. The van der Waals surface area contributed by atoms with Gasteiger partial charge < -0.3 is 10.1 Å². The Morgan fingerprint density at radius 1 is 1.25 bits per heavy atom. The highest BCUT2D eigenvalue weighted by atomic mass is 16.5. The predicted molar refractivity (Wildman–Crippen MR) is 64.0 cm³/mol. The van der Waals surface area contributed by atoms with E-state index < -0.39 is 0 Å². The Labute approximate surface area is 95.9 Å². The fraction of sp³-hybridized carbons (Fsp3) is 0.385. The van der Waals surface area contributed by atoms with Gasteiger partial charge in [0.15, 0.2) is 0 Å². The van der Waals surface area contributed by atoms with Crippen LogP contribution in [0.15, 0.2) is 30.3 Å². The highest BCUT2D eigenvalue weighted by Crippen LogP contribution is 2.03. The van der Waals surface area contributed by atoms with E-state index in [-0.39, 0.29) is 5.97 Å². The van der Waals surface area contributed by atoms with Gasteiger partial charge in [0.2, 0.25) is 0 Å². The lowest BCUT2D eigenvalue weighted by molar-refractivity contribution is 0.0499. The summed E-state index contributed by atoms with van der Waals surface area (Å²) in [4.78, 5) is 11.5. The van der Waals surface area contributed by atoms with Crippen molar-refractivity contribution < 1.29 is 9.53 Å². The van der Waals surface area contributed by atoms with Gasteiger partial charge in [-0.3, -0.25) is 0 Å². The third-order valence-corrected chi connectivity index (χ3v) is 2.19. The number of carbonyl (C=O) groups is 1. The van der Waals surface area contributed by atoms with Crippen LogP contribution >= 0.6 is 0 Å². The molecule has 0 saturated heterocycles. The van der Waals surface area contributed by atoms with Gasteiger partial charge in [0, 0.05) is 5.71 Å². The number of nitrogens with one attached hydrogen (secondary N) is 1. The van der Waals surface area contributed by atoms with Crippen molar-refractivity contribution in [3.8, 4) is 0 Å². The van der Waals surface area contributed by atoms with E-state index in [2.05, 4.69) is 0 Å². The highest BCUT2D eigenvalue weighted by molar-refractivity contribution is 5.89. The van der Waals surface area contributed by atoms with Crippen LogP contribution < -0.4 is 0 Å². The van der Waals surface area contributed by atoms with E-state index >= 15 is 0 Å². The smallest absolute Gasteiger partial charge is 0.338 e. The first-order valence-corrected chi connectivity index (χ1v) is 5.46. The molecule has 0 heterocycles. The van der Waals surface area contributed by atoms with E-state index in [4.69, 9.17) is 10.1 Å². The molecule has 0 fully saturated rings. The molecule has 0 aromatic heterocycles. The monoisotopic (exact) mass is 219 g/mol. The van der Waals surface area contributed by atoms with Gasteiger partial charge in [-0.25, -0.2) is 4.79 Å².